The Hall–Kier alpha value is -0.960. The Kier molecular flexibility index (Phi) is 2.76. The van der Waals surface area contributed by atoms with Gasteiger partial charge in [0.25, 0.3) is 0 Å². The van der Waals surface area contributed by atoms with Crippen molar-refractivity contribution in [2.45, 2.75) is 13.8 Å². The van der Waals surface area contributed by atoms with Crippen LogP contribution in [0.5, 0.6) is 0 Å². The van der Waals surface area contributed by atoms with Gasteiger partial charge in [0.05, 0.1) is 12.2 Å². The minimum absolute atomic E-state index is 0.339. The molecule has 0 saturated carbocycles. The molecule has 0 bridgehead atoms. The van der Waals surface area contributed by atoms with E-state index in [0.29, 0.717) is 17.3 Å². The van der Waals surface area contributed by atoms with E-state index in [9.17, 15) is 4.79 Å². The maximum Gasteiger partial charge on any atom is 0.341 e. The topological polar surface area (TPSA) is 42.1 Å². The highest BCUT2D eigenvalue weighted by Crippen LogP contribution is 2.16. The van der Waals surface area contributed by atoms with Crippen LogP contribution in [0.3, 0.4) is 0 Å². The fourth-order valence-corrected chi connectivity index (χ4v) is 1.19. The maximum absolute atomic E-state index is 11.2. The van der Waals surface area contributed by atoms with Gasteiger partial charge in [-0.05, 0) is 19.9 Å². The average Bonchev–Trinajstić information content (AvgIpc) is 2.30. The SMILES string of the molecule is CCOC(=O)c1cc(C)[nH]c1Cl. The smallest absolute Gasteiger partial charge is 0.341 e. The first-order valence-corrected chi connectivity index (χ1v) is 4.05. The van der Waals surface area contributed by atoms with E-state index >= 15 is 0 Å². The number of ether oxygens (including phenoxy) is 1. The van der Waals surface area contributed by atoms with Crippen molar-refractivity contribution in [1.29, 1.82) is 0 Å². The number of nitrogens with one attached hydrogen (secondary N) is 1. The molecule has 1 N–H and O–H groups in total. The number of aryl methyl sites for hydroxylation is 1. The quantitative estimate of drug-likeness (QED) is 0.721. The molecule has 0 radical (unpaired) electrons. The standard InChI is InChI=1S/C8H10ClNO2/c1-3-12-8(11)6-4-5(2)10-7(6)9/h4,10H,3H2,1-2H3. The van der Waals surface area contributed by atoms with E-state index in [1.54, 1.807) is 13.0 Å². The molecule has 0 fully saturated rings. The highest BCUT2D eigenvalue weighted by molar-refractivity contribution is 6.32. The summed E-state index contributed by atoms with van der Waals surface area (Å²) in [4.78, 5) is 14.0. The van der Waals surface area contributed by atoms with Crippen molar-refractivity contribution in [3.8, 4) is 0 Å². The molecule has 0 saturated heterocycles. The number of aromatic amines is 1. The number of hydrogen-bond acceptors (Lipinski definition) is 2. The zero-order chi connectivity index (χ0) is 9.14. The molecule has 0 aliphatic carbocycles. The average molecular weight is 188 g/mol. The molecule has 1 rings (SSSR count). The lowest BCUT2D eigenvalue weighted by molar-refractivity contribution is 0.0527. The summed E-state index contributed by atoms with van der Waals surface area (Å²) in [5.74, 6) is -0.383. The second-order valence-electron chi connectivity index (χ2n) is 2.40. The van der Waals surface area contributed by atoms with Crippen LogP contribution in [0.2, 0.25) is 5.15 Å². The van der Waals surface area contributed by atoms with Gasteiger partial charge in [-0.3, -0.25) is 0 Å². The predicted octanol–water partition coefficient (Wildman–Crippen LogP) is 2.15. The number of H-pyrrole nitrogens is 1. The van der Waals surface area contributed by atoms with Crippen LogP contribution in [0, 0.1) is 6.92 Å². The van der Waals surface area contributed by atoms with Gasteiger partial charge in [0.15, 0.2) is 0 Å². The molecule has 0 atom stereocenters. The van der Waals surface area contributed by atoms with E-state index < -0.39 is 0 Å². The Balaban J connectivity index is 2.87. The van der Waals surface area contributed by atoms with Crippen molar-refractivity contribution in [1.82, 2.24) is 4.98 Å². The van der Waals surface area contributed by atoms with Crippen LogP contribution in [0.4, 0.5) is 0 Å². The lowest BCUT2D eigenvalue weighted by Crippen LogP contribution is -2.03. The maximum atomic E-state index is 11.2. The third kappa shape index (κ3) is 1.80. The van der Waals surface area contributed by atoms with E-state index in [1.807, 2.05) is 6.92 Å². The van der Waals surface area contributed by atoms with Crippen molar-refractivity contribution in [2.75, 3.05) is 6.61 Å². The molecule has 0 aliphatic heterocycles. The summed E-state index contributed by atoms with van der Waals surface area (Å²) in [7, 11) is 0. The Morgan fingerprint density at radius 2 is 2.42 bits per heavy atom. The zero-order valence-electron chi connectivity index (χ0n) is 6.98. The molecule has 0 aliphatic rings. The highest BCUT2D eigenvalue weighted by Gasteiger charge is 2.12. The second kappa shape index (κ2) is 3.63. The van der Waals surface area contributed by atoms with Crippen LogP contribution in [-0.2, 0) is 4.74 Å². The molecular weight excluding hydrogens is 178 g/mol. The molecule has 0 spiro atoms. The summed E-state index contributed by atoms with van der Waals surface area (Å²) in [5, 5.41) is 0.339. The summed E-state index contributed by atoms with van der Waals surface area (Å²) in [6.45, 7) is 3.94. The molecule has 66 valence electrons. The highest BCUT2D eigenvalue weighted by atomic mass is 35.5. The van der Waals surface area contributed by atoms with Crippen LogP contribution < -0.4 is 0 Å². The van der Waals surface area contributed by atoms with Crippen LogP contribution in [0.1, 0.15) is 23.0 Å². The van der Waals surface area contributed by atoms with Gasteiger partial charge < -0.3 is 9.72 Å². The van der Waals surface area contributed by atoms with Crippen molar-refractivity contribution < 1.29 is 9.53 Å². The van der Waals surface area contributed by atoms with Gasteiger partial charge >= 0.3 is 5.97 Å². The Morgan fingerprint density at radius 3 is 2.83 bits per heavy atom. The van der Waals surface area contributed by atoms with Crippen molar-refractivity contribution >= 4 is 17.6 Å². The molecule has 1 aromatic rings. The monoisotopic (exact) mass is 187 g/mol. The summed E-state index contributed by atoms with van der Waals surface area (Å²) >= 11 is 5.72. The molecule has 3 nitrogen and oxygen atoms in total. The summed E-state index contributed by atoms with van der Waals surface area (Å²) in [6, 6.07) is 1.67. The fourth-order valence-electron chi connectivity index (χ4n) is 0.914. The minimum atomic E-state index is -0.383. The number of carbonyl (C=O) groups excluding carboxylic acids is 1. The number of rotatable bonds is 2. The lowest BCUT2D eigenvalue weighted by atomic mass is 10.3. The predicted molar refractivity (Wildman–Crippen MR) is 46.5 cm³/mol. The van der Waals surface area contributed by atoms with E-state index in [4.69, 9.17) is 16.3 Å². The van der Waals surface area contributed by atoms with Crippen molar-refractivity contribution in [3.63, 3.8) is 0 Å². The molecule has 1 heterocycles. The van der Waals surface area contributed by atoms with Crippen LogP contribution in [0.25, 0.3) is 0 Å². The number of hydrogen-bond donors (Lipinski definition) is 1. The van der Waals surface area contributed by atoms with E-state index in [0.717, 1.165) is 5.69 Å². The number of carbonyl (C=O) groups is 1. The summed E-state index contributed by atoms with van der Waals surface area (Å²) < 4.78 is 4.78. The first kappa shape index (κ1) is 9.13. The number of esters is 1. The van der Waals surface area contributed by atoms with Crippen molar-refractivity contribution in [3.05, 3.63) is 22.5 Å². The van der Waals surface area contributed by atoms with Gasteiger partial charge in [0.2, 0.25) is 0 Å². The van der Waals surface area contributed by atoms with Gasteiger partial charge in [0, 0.05) is 5.69 Å². The van der Waals surface area contributed by atoms with E-state index in [2.05, 4.69) is 4.98 Å². The second-order valence-corrected chi connectivity index (χ2v) is 2.78. The van der Waals surface area contributed by atoms with Crippen molar-refractivity contribution in [2.24, 2.45) is 0 Å². The first-order chi connectivity index (χ1) is 5.65. The molecule has 4 heteroatoms. The number of aromatic nitrogens is 1. The Morgan fingerprint density at radius 1 is 1.75 bits per heavy atom. The fraction of sp³-hybridized carbons (Fsp3) is 0.375. The molecule has 0 unspecified atom stereocenters. The summed E-state index contributed by atoms with van der Waals surface area (Å²) in [5.41, 5.74) is 1.25. The van der Waals surface area contributed by atoms with Gasteiger partial charge in [-0.25, -0.2) is 4.79 Å². The van der Waals surface area contributed by atoms with Crippen LogP contribution in [-0.4, -0.2) is 17.6 Å². The third-order valence-electron chi connectivity index (χ3n) is 1.40. The van der Waals surface area contributed by atoms with E-state index in [1.165, 1.54) is 0 Å². The summed E-state index contributed by atoms with van der Waals surface area (Å²) in [6.07, 6.45) is 0. The number of halogens is 1. The van der Waals surface area contributed by atoms with Crippen LogP contribution in [0.15, 0.2) is 6.07 Å². The van der Waals surface area contributed by atoms with E-state index in [-0.39, 0.29) is 5.97 Å². The van der Waals surface area contributed by atoms with Gasteiger partial charge in [0.1, 0.15) is 5.15 Å². The Labute approximate surface area is 75.7 Å². The molecule has 12 heavy (non-hydrogen) atoms. The largest absolute Gasteiger partial charge is 0.462 e. The lowest BCUT2D eigenvalue weighted by Gasteiger charge is -1.97. The molecular formula is C8H10ClNO2. The minimum Gasteiger partial charge on any atom is -0.462 e. The van der Waals surface area contributed by atoms with Crippen LogP contribution >= 0.6 is 11.6 Å². The molecule has 0 aromatic carbocycles. The van der Waals surface area contributed by atoms with Gasteiger partial charge in [-0.2, -0.15) is 0 Å². The van der Waals surface area contributed by atoms with Gasteiger partial charge in [-0.15, -0.1) is 0 Å². The zero-order valence-corrected chi connectivity index (χ0v) is 7.73. The molecule has 1 aromatic heterocycles. The first-order valence-electron chi connectivity index (χ1n) is 3.67. The normalized spacial score (nSPS) is 9.92. The Bertz CT molecular complexity index is 293. The van der Waals surface area contributed by atoms with Gasteiger partial charge in [-0.1, -0.05) is 11.6 Å². The molecule has 0 amide bonds. The third-order valence-corrected chi connectivity index (χ3v) is 1.70.